The predicted molar refractivity (Wildman–Crippen MR) is 116 cm³/mol. The predicted octanol–water partition coefficient (Wildman–Crippen LogP) is 3.33. The number of likely N-dealkylation sites (tertiary alicyclic amines) is 1. The first-order chi connectivity index (χ1) is 14.1. The number of hydrogen-bond acceptors (Lipinski definition) is 6. The van der Waals surface area contributed by atoms with Gasteiger partial charge < -0.3 is 9.42 Å². The lowest BCUT2D eigenvalue weighted by atomic mass is 9.64. The van der Waals surface area contributed by atoms with Crippen molar-refractivity contribution in [1.82, 2.24) is 24.8 Å². The molecule has 0 aliphatic carbocycles. The Balaban J connectivity index is 1.33. The van der Waals surface area contributed by atoms with E-state index in [4.69, 9.17) is 4.52 Å². The molecule has 7 nitrogen and oxygen atoms in total. The van der Waals surface area contributed by atoms with Crippen LogP contribution in [0.1, 0.15) is 52.1 Å². The van der Waals surface area contributed by atoms with Crippen molar-refractivity contribution in [2.75, 3.05) is 32.8 Å². The molecule has 2 aliphatic heterocycles. The quantitative estimate of drug-likeness (QED) is 0.703. The normalized spacial score (nSPS) is 22.7. The molecule has 3 heterocycles. The summed E-state index contributed by atoms with van der Waals surface area (Å²) in [5.74, 6) is 1.54. The van der Waals surface area contributed by atoms with Crippen LogP contribution in [0.2, 0.25) is 0 Å². The molecule has 4 rings (SSSR count). The molecule has 1 atom stereocenters. The average Bonchev–Trinajstić information content (AvgIpc) is 3.22. The van der Waals surface area contributed by atoms with Crippen molar-refractivity contribution in [2.24, 2.45) is 5.41 Å². The van der Waals surface area contributed by atoms with Crippen molar-refractivity contribution in [3.63, 3.8) is 0 Å². The molecule has 162 valence electrons. The zero-order valence-corrected chi connectivity index (χ0v) is 19.0. The van der Waals surface area contributed by atoms with E-state index in [0.29, 0.717) is 18.4 Å². The zero-order chi connectivity index (χ0) is 21.7. The first-order valence-corrected chi connectivity index (χ1v) is 10.8. The number of piperazine rings is 1. The van der Waals surface area contributed by atoms with Gasteiger partial charge in [-0.3, -0.25) is 14.6 Å². The van der Waals surface area contributed by atoms with Crippen LogP contribution in [0.5, 0.6) is 0 Å². The maximum Gasteiger partial charge on any atom is 0.244 e. The Labute approximate surface area is 179 Å². The van der Waals surface area contributed by atoms with Gasteiger partial charge >= 0.3 is 0 Å². The number of hydrogen-bond donors (Lipinski definition) is 0. The number of aryl methyl sites for hydroxylation is 1. The fraction of sp³-hybridized carbons (Fsp3) is 0.609. The van der Waals surface area contributed by atoms with E-state index in [2.05, 4.69) is 59.8 Å². The number of β-lactam (4-membered cyclic amide) rings is 1. The van der Waals surface area contributed by atoms with Gasteiger partial charge in [-0.2, -0.15) is 4.98 Å². The Kier molecular flexibility index (Phi) is 5.22. The average molecular weight is 412 g/mol. The standard InChI is InChI=1S/C23H33N5O2/c1-16-7-9-18(10-8-16)19-24-20(30-25-19)17(2)27-13-11-26(12-14-27)15-28-21(29)22(3,4)23(28,5)6/h7-10,17H,11-15H2,1-6H3/t17-/m0/s1. The molecule has 0 radical (unpaired) electrons. The molecule has 1 aromatic heterocycles. The minimum Gasteiger partial charge on any atom is -0.337 e. The summed E-state index contributed by atoms with van der Waals surface area (Å²) in [6, 6.07) is 8.22. The summed E-state index contributed by atoms with van der Waals surface area (Å²) in [6.45, 7) is 17.0. The molecule has 1 amide bonds. The first kappa shape index (κ1) is 21.0. The van der Waals surface area contributed by atoms with Crippen molar-refractivity contribution in [2.45, 2.75) is 53.1 Å². The molecule has 2 aliphatic rings. The third-order valence-corrected chi connectivity index (χ3v) is 7.39. The van der Waals surface area contributed by atoms with E-state index in [0.717, 1.165) is 31.7 Å². The maximum absolute atomic E-state index is 12.5. The van der Waals surface area contributed by atoms with Crippen LogP contribution >= 0.6 is 0 Å². The molecule has 0 spiro atoms. The molecule has 1 aromatic carbocycles. The van der Waals surface area contributed by atoms with Gasteiger partial charge in [-0.25, -0.2) is 0 Å². The highest BCUT2D eigenvalue weighted by Gasteiger charge is 2.60. The third-order valence-electron chi connectivity index (χ3n) is 7.39. The summed E-state index contributed by atoms with van der Waals surface area (Å²) in [7, 11) is 0. The van der Waals surface area contributed by atoms with Gasteiger partial charge in [0, 0.05) is 31.7 Å². The monoisotopic (exact) mass is 411 g/mol. The summed E-state index contributed by atoms with van der Waals surface area (Å²) in [5.41, 5.74) is 1.79. The SMILES string of the molecule is Cc1ccc(-c2noc([C@H](C)N3CCN(CN4C(=O)C(C)(C)C4(C)C)CC3)n2)cc1. The summed E-state index contributed by atoms with van der Waals surface area (Å²) >= 11 is 0. The molecule has 0 bridgehead atoms. The largest absolute Gasteiger partial charge is 0.337 e. The summed E-state index contributed by atoms with van der Waals surface area (Å²) in [4.78, 5) is 23.9. The highest BCUT2D eigenvalue weighted by molar-refractivity contribution is 5.90. The number of nitrogens with zero attached hydrogens (tertiary/aromatic N) is 5. The summed E-state index contributed by atoms with van der Waals surface area (Å²) in [5, 5.41) is 4.18. The number of amides is 1. The second kappa shape index (κ2) is 7.46. The topological polar surface area (TPSA) is 65.7 Å². The van der Waals surface area contributed by atoms with Crippen molar-refractivity contribution in [3.05, 3.63) is 35.7 Å². The van der Waals surface area contributed by atoms with E-state index in [9.17, 15) is 4.79 Å². The van der Waals surface area contributed by atoms with Gasteiger partial charge in [0.15, 0.2) is 0 Å². The molecule has 2 fully saturated rings. The van der Waals surface area contributed by atoms with Gasteiger partial charge in [0.05, 0.1) is 23.7 Å². The highest BCUT2D eigenvalue weighted by atomic mass is 16.5. The number of carbonyl (C=O) groups is 1. The van der Waals surface area contributed by atoms with Crippen LogP contribution in [0.25, 0.3) is 11.4 Å². The Bertz CT molecular complexity index is 910. The van der Waals surface area contributed by atoms with Gasteiger partial charge in [0.2, 0.25) is 17.6 Å². The molecule has 0 N–H and O–H groups in total. The third kappa shape index (κ3) is 3.44. The van der Waals surface area contributed by atoms with Gasteiger partial charge in [-0.15, -0.1) is 0 Å². The lowest BCUT2D eigenvalue weighted by Gasteiger charge is -2.61. The van der Waals surface area contributed by atoms with Gasteiger partial charge in [0.1, 0.15) is 0 Å². The van der Waals surface area contributed by atoms with Gasteiger partial charge in [0.25, 0.3) is 0 Å². The van der Waals surface area contributed by atoms with E-state index >= 15 is 0 Å². The first-order valence-electron chi connectivity index (χ1n) is 10.8. The zero-order valence-electron chi connectivity index (χ0n) is 19.0. The van der Waals surface area contributed by atoms with E-state index in [1.807, 2.05) is 30.9 Å². The summed E-state index contributed by atoms with van der Waals surface area (Å²) in [6.07, 6.45) is 0. The minimum absolute atomic E-state index is 0.0693. The van der Waals surface area contributed by atoms with Crippen LogP contribution in [-0.4, -0.2) is 69.1 Å². The number of rotatable bonds is 5. The molecule has 7 heteroatoms. The van der Waals surface area contributed by atoms with E-state index < -0.39 is 0 Å². The van der Waals surface area contributed by atoms with Gasteiger partial charge in [-0.1, -0.05) is 35.0 Å². The fourth-order valence-electron chi connectivity index (χ4n) is 4.25. The van der Waals surface area contributed by atoms with E-state index in [1.165, 1.54) is 5.56 Å². The molecular weight excluding hydrogens is 378 g/mol. The second-order valence-corrected chi connectivity index (χ2v) is 9.71. The summed E-state index contributed by atoms with van der Waals surface area (Å²) < 4.78 is 5.58. The van der Waals surface area contributed by atoms with Crippen molar-refractivity contribution in [3.8, 4) is 11.4 Å². The van der Waals surface area contributed by atoms with Crippen LogP contribution in [0.3, 0.4) is 0 Å². The number of aromatic nitrogens is 2. The van der Waals surface area contributed by atoms with E-state index in [-0.39, 0.29) is 22.9 Å². The van der Waals surface area contributed by atoms with Crippen LogP contribution < -0.4 is 0 Å². The van der Waals surface area contributed by atoms with Crippen LogP contribution in [0.4, 0.5) is 0 Å². The minimum atomic E-state index is -0.281. The van der Waals surface area contributed by atoms with Crippen molar-refractivity contribution >= 4 is 5.91 Å². The van der Waals surface area contributed by atoms with E-state index in [1.54, 1.807) is 0 Å². The number of carbonyl (C=O) groups excluding carboxylic acids is 1. The van der Waals surface area contributed by atoms with Crippen molar-refractivity contribution in [1.29, 1.82) is 0 Å². The Hall–Kier alpha value is -2.25. The fourth-order valence-corrected chi connectivity index (χ4v) is 4.25. The Morgan fingerprint density at radius 3 is 2.30 bits per heavy atom. The van der Waals surface area contributed by atoms with Crippen LogP contribution in [-0.2, 0) is 4.79 Å². The van der Waals surface area contributed by atoms with Gasteiger partial charge in [-0.05, 0) is 41.5 Å². The Morgan fingerprint density at radius 1 is 1.07 bits per heavy atom. The van der Waals surface area contributed by atoms with Crippen molar-refractivity contribution < 1.29 is 9.32 Å². The Morgan fingerprint density at radius 2 is 1.70 bits per heavy atom. The molecular formula is C23H33N5O2. The number of benzene rings is 1. The molecule has 2 aromatic rings. The molecule has 30 heavy (non-hydrogen) atoms. The lowest BCUT2D eigenvalue weighted by Crippen LogP contribution is -2.74. The second-order valence-electron chi connectivity index (χ2n) is 9.71. The molecule has 0 saturated carbocycles. The molecule has 0 unspecified atom stereocenters. The highest BCUT2D eigenvalue weighted by Crippen LogP contribution is 2.47. The smallest absolute Gasteiger partial charge is 0.244 e. The maximum atomic E-state index is 12.5. The van der Waals surface area contributed by atoms with Crippen LogP contribution in [0.15, 0.2) is 28.8 Å². The van der Waals surface area contributed by atoms with Crippen LogP contribution in [0, 0.1) is 12.3 Å². The lowest BCUT2D eigenvalue weighted by molar-refractivity contribution is -0.189. The molecule has 2 saturated heterocycles.